The van der Waals surface area contributed by atoms with Gasteiger partial charge in [-0.15, -0.1) is 0 Å². The second-order valence-electron chi connectivity index (χ2n) is 7.25. The van der Waals surface area contributed by atoms with Crippen LogP contribution in [0.15, 0.2) is 65.3 Å². The highest BCUT2D eigenvalue weighted by molar-refractivity contribution is 6.02. The fraction of sp³-hybridized carbons (Fsp3) is 0.208. The molecule has 3 heterocycles. The van der Waals surface area contributed by atoms with Gasteiger partial charge in [0.15, 0.2) is 6.10 Å². The molecule has 0 saturated carbocycles. The molecule has 4 rings (SSSR count). The topological polar surface area (TPSA) is 74.3 Å². The molecule has 0 N–H and O–H groups in total. The van der Waals surface area contributed by atoms with Gasteiger partial charge < -0.3 is 13.7 Å². The molecule has 0 fully saturated rings. The maximum atomic E-state index is 13.0. The number of rotatable bonds is 6. The van der Waals surface area contributed by atoms with Crippen LogP contribution in [0.25, 0.3) is 10.9 Å². The van der Waals surface area contributed by atoms with Gasteiger partial charge in [0.05, 0.1) is 18.3 Å². The van der Waals surface area contributed by atoms with Crippen molar-refractivity contribution in [3.63, 3.8) is 0 Å². The van der Waals surface area contributed by atoms with Gasteiger partial charge in [-0.3, -0.25) is 4.79 Å². The number of aromatic nitrogens is 2. The van der Waals surface area contributed by atoms with Crippen molar-refractivity contribution < 1.29 is 18.7 Å². The number of ketones is 1. The molecule has 4 aromatic rings. The first-order valence-corrected chi connectivity index (χ1v) is 9.74. The summed E-state index contributed by atoms with van der Waals surface area (Å²) in [5.41, 5.74) is 3.15. The van der Waals surface area contributed by atoms with Gasteiger partial charge in [-0.05, 0) is 51.1 Å². The lowest BCUT2D eigenvalue weighted by Gasteiger charge is -2.13. The summed E-state index contributed by atoms with van der Waals surface area (Å²) >= 11 is 0. The van der Waals surface area contributed by atoms with Crippen molar-refractivity contribution in [2.75, 3.05) is 0 Å². The molecule has 0 bridgehead atoms. The van der Waals surface area contributed by atoms with Crippen molar-refractivity contribution in [1.82, 2.24) is 9.55 Å². The van der Waals surface area contributed by atoms with E-state index in [4.69, 9.17) is 9.15 Å². The summed E-state index contributed by atoms with van der Waals surface area (Å²) in [7, 11) is 0. The van der Waals surface area contributed by atoms with E-state index in [0.717, 1.165) is 22.5 Å². The van der Waals surface area contributed by atoms with Gasteiger partial charge in [0.1, 0.15) is 11.5 Å². The van der Waals surface area contributed by atoms with Crippen molar-refractivity contribution in [3.8, 4) is 0 Å². The third kappa shape index (κ3) is 3.76. The molecule has 0 unspecified atom stereocenters. The molecular weight excluding hydrogens is 380 g/mol. The molecule has 3 aromatic heterocycles. The molecule has 6 heteroatoms. The summed E-state index contributed by atoms with van der Waals surface area (Å²) in [6.45, 7) is 5.93. The molecule has 30 heavy (non-hydrogen) atoms. The Hall–Kier alpha value is -3.67. The predicted molar refractivity (Wildman–Crippen MR) is 113 cm³/mol. The number of hydrogen-bond donors (Lipinski definition) is 0. The average Bonchev–Trinajstić information content (AvgIpc) is 3.36. The summed E-state index contributed by atoms with van der Waals surface area (Å²) in [5, 5.41) is 0.933. The second kappa shape index (κ2) is 7.99. The first-order chi connectivity index (χ1) is 14.4. The van der Waals surface area contributed by atoms with Crippen molar-refractivity contribution in [3.05, 3.63) is 89.3 Å². The number of Topliss-reactive ketones (excluding diaryl/α,β-unsaturated/α-hetero) is 1. The van der Waals surface area contributed by atoms with Crippen LogP contribution in [0.1, 0.15) is 44.9 Å². The van der Waals surface area contributed by atoms with Crippen LogP contribution >= 0.6 is 0 Å². The van der Waals surface area contributed by atoms with Crippen molar-refractivity contribution in [1.29, 1.82) is 0 Å². The fourth-order valence-corrected chi connectivity index (χ4v) is 3.53. The van der Waals surface area contributed by atoms with Crippen LogP contribution < -0.4 is 0 Å². The Morgan fingerprint density at radius 3 is 2.67 bits per heavy atom. The predicted octanol–water partition coefficient (Wildman–Crippen LogP) is 4.72. The quantitative estimate of drug-likeness (QED) is 0.345. The van der Waals surface area contributed by atoms with E-state index in [1.165, 1.54) is 0 Å². The number of hydrogen-bond acceptors (Lipinski definition) is 5. The summed E-state index contributed by atoms with van der Waals surface area (Å²) in [6.07, 6.45) is 0.695. The number of benzene rings is 1. The largest absolute Gasteiger partial charge is 0.467 e. The van der Waals surface area contributed by atoms with Gasteiger partial charge in [-0.25, -0.2) is 9.78 Å². The number of furan rings is 1. The smallest absolute Gasteiger partial charge is 0.357 e. The number of esters is 1. The van der Waals surface area contributed by atoms with E-state index >= 15 is 0 Å². The molecule has 0 aliphatic heterocycles. The van der Waals surface area contributed by atoms with E-state index in [0.29, 0.717) is 17.6 Å². The number of pyridine rings is 1. The summed E-state index contributed by atoms with van der Waals surface area (Å²) in [6, 6.07) is 16.5. The first-order valence-electron chi connectivity index (χ1n) is 9.74. The van der Waals surface area contributed by atoms with E-state index < -0.39 is 12.1 Å². The van der Waals surface area contributed by atoms with Gasteiger partial charge in [0, 0.05) is 22.3 Å². The monoisotopic (exact) mass is 402 g/mol. The van der Waals surface area contributed by atoms with Crippen LogP contribution in [-0.4, -0.2) is 27.4 Å². The Balaban J connectivity index is 1.51. The Bertz CT molecular complexity index is 1220. The minimum atomic E-state index is -0.927. The molecule has 0 spiro atoms. The van der Waals surface area contributed by atoms with Crippen LogP contribution in [0, 0.1) is 13.8 Å². The molecule has 1 atom stereocenters. The number of fused-ring (bicyclic) bond motifs is 1. The van der Waals surface area contributed by atoms with E-state index in [2.05, 4.69) is 4.98 Å². The molecular formula is C24H22N2O4. The number of aryl methyl sites for hydroxylation is 1. The van der Waals surface area contributed by atoms with Crippen LogP contribution in [0.2, 0.25) is 0 Å². The highest BCUT2D eigenvalue weighted by Gasteiger charge is 2.25. The Kier molecular flexibility index (Phi) is 5.23. The van der Waals surface area contributed by atoms with E-state index in [9.17, 15) is 9.59 Å². The zero-order valence-corrected chi connectivity index (χ0v) is 17.1. The Labute approximate surface area is 174 Å². The van der Waals surface area contributed by atoms with Crippen molar-refractivity contribution in [2.45, 2.75) is 33.4 Å². The summed E-state index contributed by atoms with van der Waals surface area (Å²) in [5.74, 6) is -0.0633. The lowest BCUT2D eigenvalue weighted by Crippen LogP contribution is -2.25. The second-order valence-corrected chi connectivity index (χ2v) is 7.25. The Morgan fingerprint density at radius 2 is 1.90 bits per heavy atom. The normalized spacial score (nSPS) is 12.1. The van der Waals surface area contributed by atoms with Gasteiger partial charge in [-0.1, -0.05) is 24.3 Å². The van der Waals surface area contributed by atoms with Gasteiger partial charge >= 0.3 is 5.97 Å². The van der Waals surface area contributed by atoms with Crippen molar-refractivity contribution in [2.24, 2.45) is 0 Å². The van der Waals surface area contributed by atoms with Crippen LogP contribution in [0.5, 0.6) is 0 Å². The molecule has 0 aliphatic rings. The zero-order valence-electron chi connectivity index (χ0n) is 17.1. The molecule has 1 aromatic carbocycles. The number of para-hydroxylation sites is 1. The van der Waals surface area contributed by atoms with Gasteiger partial charge in [0.2, 0.25) is 5.78 Å². The number of carbonyl (C=O) groups is 2. The fourth-order valence-electron chi connectivity index (χ4n) is 3.53. The van der Waals surface area contributed by atoms with E-state index in [-0.39, 0.29) is 11.5 Å². The lowest BCUT2D eigenvalue weighted by atomic mass is 10.1. The minimum Gasteiger partial charge on any atom is -0.467 e. The third-order valence-electron chi connectivity index (χ3n) is 5.19. The number of ether oxygens (including phenoxy) is 1. The maximum absolute atomic E-state index is 13.0. The van der Waals surface area contributed by atoms with Crippen molar-refractivity contribution >= 4 is 22.7 Å². The molecule has 0 saturated heterocycles. The zero-order chi connectivity index (χ0) is 21.3. The molecule has 0 aliphatic carbocycles. The summed E-state index contributed by atoms with van der Waals surface area (Å²) in [4.78, 5) is 29.9. The average molecular weight is 402 g/mol. The Morgan fingerprint density at radius 1 is 1.10 bits per heavy atom. The van der Waals surface area contributed by atoms with E-state index in [1.54, 1.807) is 19.3 Å². The molecule has 0 amide bonds. The third-order valence-corrected chi connectivity index (χ3v) is 5.19. The van der Waals surface area contributed by atoms with Gasteiger partial charge in [-0.2, -0.15) is 0 Å². The number of carbonyl (C=O) groups excluding carboxylic acids is 2. The van der Waals surface area contributed by atoms with E-state index in [1.807, 2.05) is 66.9 Å². The minimum absolute atomic E-state index is 0.177. The number of nitrogens with zero attached hydrogens (tertiary/aromatic N) is 2. The molecule has 152 valence electrons. The van der Waals surface area contributed by atoms with Crippen LogP contribution in [0.3, 0.4) is 0 Å². The summed E-state index contributed by atoms with van der Waals surface area (Å²) < 4.78 is 12.9. The molecule has 6 nitrogen and oxygen atoms in total. The standard InChI is InChI=1S/C24H22N2O4/c1-15-13-20(16(2)26(15)14-19-8-6-12-29-19)23(27)17(3)30-24(28)22-11-10-18-7-4-5-9-21(18)25-22/h4-13,17H,14H2,1-3H3/t17-/m0/s1. The van der Waals surface area contributed by atoms with Crippen LogP contribution in [-0.2, 0) is 11.3 Å². The highest BCUT2D eigenvalue weighted by Crippen LogP contribution is 2.20. The SMILES string of the molecule is Cc1cc(C(=O)[C@H](C)OC(=O)c2ccc3ccccc3n2)c(C)n1Cc1ccco1. The lowest BCUT2D eigenvalue weighted by molar-refractivity contribution is 0.0313. The maximum Gasteiger partial charge on any atom is 0.357 e. The molecule has 0 radical (unpaired) electrons. The van der Waals surface area contributed by atoms with Gasteiger partial charge in [0.25, 0.3) is 0 Å². The van der Waals surface area contributed by atoms with Crippen LogP contribution in [0.4, 0.5) is 0 Å². The highest BCUT2D eigenvalue weighted by atomic mass is 16.5. The first kappa shape index (κ1) is 19.6.